The van der Waals surface area contributed by atoms with Gasteiger partial charge in [0.1, 0.15) is 11.6 Å². The van der Waals surface area contributed by atoms with Crippen molar-refractivity contribution in [2.45, 2.75) is 13.0 Å². The SMILES string of the molecule is CC(c1ccc(F)cc1F)N1CCN(C(=O)c2cn[nH]n2)CC1. The Kier molecular flexibility index (Phi) is 4.33. The number of aromatic amines is 1. The van der Waals surface area contributed by atoms with Crippen LogP contribution in [0.2, 0.25) is 0 Å². The van der Waals surface area contributed by atoms with Gasteiger partial charge in [0.05, 0.1) is 6.20 Å². The zero-order valence-corrected chi connectivity index (χ0v) is 12.7. The van der Waals surface area contributed by atoms with E-state index in [9.17, 15) is 13.6 Å². The van der Waals surface area contributed by atoms with Crippen molar-refractivity contribution in [2.24, 2.45) is 0 Å². The van der Waals surface area contributed by atoms with Crippen molar-refractivity contribution >= 4 is 5.91 Å². The minimum atomic E-state index is -0.582. The molecule has 2 aromatic rings. The number of nitrogens with zero attached hydrogens (tertiary/aromatic N) is 4. The molecule has 1 N–H and O–H groups in total. The third-order valence-electron chi connectivity index (χ3n) is 4.20. The lowest BCUT2D eigenvalue weighted by Crippen LogP contribution is -2.49. The molecule has 6 nitrogen and oxygen atoms in total. The fraction of sp³-hybridized carbons (Fsp3) is 0.400. The normalized spacial score (nSPS) is 17.3. The van der Waals surface area contributed by atoms with Gasteiger partial charge in [-0.1, -0.05) is 6.07 Å². The summed E-state index contributed by atoms with van der Waals surface area (Å²) in [5, 5.41) is 9.84. The van der Waals surface area contributed by atoms with Gasteiger partial charge >= 0.3 is 0 Å². The first kappa shape index (κ1) is 15.5. The first-order chi connectivity index (χ1) is 11.1. The van der Waals surface area contributed by atoms with Gasteiger partial charge in [-0.15, -0.1) is 0 Å². The van der Waals surface area contributed by atoms with Crippen molar-refractivity contribution < 1.29 is 13.6 Å². The van der Waals surface area contributed by atoms with Gasteiger partial charge in [0.15, 0.2) is 5.69 Å². The molecule has 122 valence electrons. The predicted molar refractivity (Wildman–Crippen MR) is 78.6 cm³/mol. The smallest absolute Gasteiger partial charge is 0.276 e. The molecule has 1 saturated heterocycles. The molecule has 0 spiro atoms. The summed E-state index contributed by atoms with van der Waals surface area (Å²) < 4.78 is 26.9. The molecule has 2 heterocycles. The summed E-state index contributed by atoms with van der Waals surface area (Å²) in [6.07, 6.45) is 1.39. The molecular weight excluding hydrogens is 304 g/mol. The van der Waals surface area contributed by atoms with E-state index >= 15 is 0 Å². The number of hydrogen-bond acceptors (Lipinski definition) is 4. The average Bonchev–Trinajstić information content (AvgIpc) is 3.08. The van der Waals surface area contributed by atoms with Crippen LogP contribution in [0.5, 0.6) is 0 Å². The molecule has 0 saturated carbocycles. The minimum absolute atomic E-state index is 0.168. The minimum Gasteiger partial charge on any atom is -0.335 e. The van der Waals surface area contributed by atoms with E-state index in [1.807, 2.05) is 6.92 Å². The molecule has 0 aliphatic carbocycles. The first-order valence-corrected chi connectivity index (χ1v) is 7.40. The second kappa shape index (κ2) is 6.41. The maximum atomic E-state index is 13.9. The topological polar surface area (TPSA) is 65.1 Å². The van der Waals surface area contributed by atoms with E-state index < -0.39 is 11.6 Å². The number of hydrogen-bond donors (Lipinski definition) is 1. The van der Waals surface area contributed by atoms with Crippen LogP contribution in [-0.2, 0) is 0 Å². The largest absolute Gasteiger partial charge is 0.335 e. The molecule has 1 amide bonds. The highest BCUT2D eigenvalue weighted by Gasteiger charge is 2.27. The van der Waals surface area contributed by atoms with Crippen LogP contribution in [-0.4, -0.2) is 57.3 Å². The zero-order valence-electron chi connectivity index (χ0n) is 12.7. The van der Waals surface area contributed by atoms with Crippen LogP contribution in [0.1, 0.15) is 29.0 Å². The van der Waals surface area contributed by atoms with Gasteiger partial charge in [0, 0.05) is 43.9 Å². The lowest BCUT2D eigenvalue weighted by molar-refractivity contribution is 0.0573. The van der Waals surface area contributed by atoms with E-state index in [1.165, 1.54) is 18.3 Å². The Bertz CT molecular complexity index is 683. The number of rotatable bonds is 3. The quantitative estimate of drug-likeness (QED) is 0.933. The number of carbonyl (C=O) groups is 1. The van der Waals surface area contributed by atoms with E-state index in [2.05, 4.69) is 20.3 Å². The van der Waals surface area contributed by atoms with E-state index in [0.29, 0.717) is 31.7 Å². The van der Waals surface area contributed by atoms with Crippen LogP contribution < -0.4 is 0 Å². The molecule has 1 atom stereocenters. The summed E-state index contributed by atoms with van der Waals surface area (Å²) in [5.74, 6) is -1.29. The Morgan fingerprint density at radius 1 is 1.26 bits per heavy atom. The van der Waals surface area contributed by atoms with Crippen molar-refractivity contribution in [3.8, 4) is 0 Å². The molecule has 0 radical (unpaired) electrons. The molecule has 1 aromatic carbocycles. The summed E-state index contributed by atoms with van der Waals surface area (Å²) in [6.45, 7) is 4.16. The molecular formula is C15H17F2N5O. The fourth-order valence-electron chi connectivity index (χ4n) is 2.82. The third kappa shape index (κ3) is 3.21. The summed E-state index contributed by atoms with van der Waals surface area (Å²) in [7, 11) is 0. The maximum absolute atomic E-state index is 13.9. The van der Waals surface area contributed by atoms with Crippen molar-refractivity contribution in [3.05, 3.63) is 47.3 Å². The first-order valence-electron chi connectivity index (χ1n) is 7.40. The summed E-state index contributed by atoms with van der Waals surface area (Å²) >= 11 is 0. The van der Waals surface area contributed by atoms with Crippen LogP contribution >= 0.6 is 0 Å². The van der Waals surface area contributed by atoms with Gasteiger partial charge in [-0.25, -0.2) is 8.78 Å². The van der Waals surface area contributed by atoms with E-state index in [4.69, 9.17) is 0 Å². The third-order valence-corrected chi connectivity index (χ3v) is 4.20. The number of aromatic nitrogens is 3. The van der Waals surface area contributed by atoms with Crippen LogP contribution in [0, 0.1) is 11.6 Å². The number of piperazine rings is 1. The van der Waals surface area contributed by atoms with Crippen molar-refractivity contribution in [1.29, 1.82) is 0 Å². The van der Waals surface area contributed by atoms with Gasteiger partial charge in [0.2, 0.25) is 0 Å². The van der Waals surface area contributed by atoms with Gasteiger partial charge < -0.3 is 4.90 Å². The highest BCUT2D eigenvalue weighted by molar-refractivity contribution is 5.91. The molecule has 23 heavy (non-hydrogen) atoms. The van der Waals surface area contributed by atoms with Gasteiger partial charge in [-0.2, -0.15) is 15.4 Å². The van der Waals surface area contributed by atoms with Crippen LogP contribution in [0.15, 0.2) is 24.4 Å². The highest BCUT2D eigenvalue weighted by Crippen LogP contribution is 2.24. The Balaban J connectivity index is 1.63. The number of amides is 1. The Morgan fingerprint density at radius 2 is 2.00 bits per heavy atom. The molecule has 3 rings (SSSR count). The second-order valence-electron chi connectivity index (χ2n) is 5.53. The molecule has 0 bridgehead atoms. The predicted octanol–water partition coefficient (Wildman–Crippen LogP) is 1.60. The van der Waals surface area contributed by atoms with E-state index in [-0.39, 0.29) is 17.6 Å². The van der Waals surface area contributed by atoms with Crippen molar-refractivity contribution in [1.82, 2.24) is 25.2 Å². The summed E-state index contributed by atoms with van der Waals surface area (Å²) in [5.41, 5.74) is 0.749. The summed E-state index contributed by atoms with van der Waals surface area (Å²) in [6, 6.07) is 3.46. The Labute approximate surface area is 132 Å². The number of H-pyrrole nitrogens is 1. The van der Waals surface area contributed by atoms with Crippen LogP contribution in [0.25, 0.3) is 0 Å². The number of carbonyl (C=O) groups excluding carboxylic acids is 1. The zero-order chi connectivity index (χ0) is 16.4. The van der Waals surface area contributed by atoms with E-state index in [0.717, 1.165) is 6.07 Å². The van der Waals surface area contributed by atoms with Gasteiger partial charge in [0.25, 0.3) is 5.91 Å². The number of halogens is 2. The molecule has 1 aliphatic rings. The fourth-order valence-corrected chi connectivity index (χ4v) is 2.82. The van der Waals surface area contributed by atoms with Gasteiger partial charge in [-0.3, -0.25) is 9.69 Å². The molecule has 1 aromatic heterocycles. The highest BCUT2D eigenvalue weighted by atomic mass is 19.1. The number of benzene rings is 1. The number of nitrogens with one attached hydrogen (secondary N) is 1. The Morgan fingerprint density at radius 3 is 2.61 bits per heavy atom. The van der Waals surface area contributed by atoms with Gasteiger partial charge in [-0.05, 0) is 13.0 Å². The van der Waals surface area contributed by atoms with Crippen molar-refractivity contribution in [2.75, 3.05) is 26.2 Å². The molecule has 1 fully saturated rings. The average molecular weight is 321 g/mol. The van der Waals surface area contributed by atoms with Crippen molar-refractivity contribution in [3.63, 3.8) is 0 Å². The Hall–Kier alpha value is -2.35. The standard InChI is InChI=1S/C15H17F2N5O/c1-10(12-3-2-11(16)8-13(12)17)21-4-6-22(7-5-21)15(23)14-9-18-20-19-14/h2-3,8-10H,4-7H2,1H3,(H,18,19,20). The molecule has 8 heteroatoms. The molecule has 1 aliphatic heterocycles. The lowest BCUT2D eigenvalue weighted by atomic mass is 10.1. The maximum Gasteiger partial charge on any atom is 0.276 e. The van der Waals surface area contributed by atoms with E-state index in [1.54, 1.807) is 4.90 Å². The second-order valence-corrected chi connectivity index (χ2v) is 5.53. The lowest BCUT2D eigenvalue weighted by Gasteiger charge is -2.38. The van der Waals surface area contributed by atoms with Crippen LogP contribution in [0.3, 0.4) is 0 Å². The summed E-state index contributed by atoms with van der Waals surface area (Å²) in [4.78, 5) is 16.0. The monoisotopic (exact) mass is 321 g/mol. The van der Waals surface area contributed by atoms with Crippen LogP contribution in [0.4, 0.5) is 8.78 Å². The molecule has 1 unspecified atom stereocenters.